The highest BCUT2D eigenvalue weighted by atomic mass is 16.5. The molecule has 78 valence electrons. The first-order valence-corrected chi connectivity index (χ1v) is 4.70. The number of aromatic amines is 2. The van der Waals surface area contributed by atoms with Gasteiger partial charge >= 0.3 is 5.69 Å². The second-order valence-electron chi connectivity index (χ2n) is 3.86. The molecule has 1 fully saturated rings. The summed E-state index contributed by atoms with van der Waals surface area (Å²) in [6, 6.07) is 5.35. The summed E-state index contributed by atoms with van der Waals surface area (Å²) in [5.74, 6) is 0. The molecular weight excluding hydrogens is 196 g/mol. The van der Waals surface area contributed by atoms with Crippen LogP contribution >= 0.6 is 0 Å². The number of benzene rings is 1. The number of aromatic nitrogens is 2. The van der Waals surface area contributed by atoms with E-state index in [-0.39, 0.29) is 5.69 Å². The van der Waals surface area contributed by atoms with Crippen LogP contribution in [0.25, 0.3) is 11.0 Å². The molecule has 2 heterocycles. The summed E-state index contributed by atoms with van der Waals surface area (Å²) in [7, 11) is 0. The van der Waals surface area contributed by atoms with Crippen molar-refractivity contribution in [2.75, 3.05) is 13.2 Å². The van der Waals surface area contributed by atoms with Crippen LogP contribution in [-0.2, 0) is 10.3 Å². The van der Waals surface area contributed by atoms with Gasteiger partial charge in [-0.2, -0.15) is 0 Å². The molecule has 0 amide bonds. The zero-order valence-corrected chi connectivity index (χ0v) is 7.91. The van der Waals surface area contributed by atoms with E-state index in [1.54, 1.807) is 18.2 Å². The normalized spacial score (nSPS) is 19.0. The Labute approximate surface area is 84.7 Å². The van der Waals surface area contributed by atoms with E-state index in [4.69, 9.17) is 4.74 Å². The lowest BCUT2D eigenvalue weighted by molar-refractivity contribution is -0.184. The van der Waals surface area contributed by atoms with Gasteiger partial charge in [0.2, 0.25) is 0 Å². The minimum Gasteiger partial charge on any atom is -0.380 e. The Kier molecular flexibility index (Phi) is 1.57. The number of rotatable bonds is 1. The predicted octanol–water partition coefficient (Wildman–Crippen LogP) is 0.0740. The molecule has 0 spiro atoms. The molecule has 0 bridgehead atoms. The summed E-state index contributed by atoms with van der Waals surface area (Å²) in [6.07, 6.45) is 0. The highest BCUT2D eigenvalue weighted by Crippen LogP contribution is 2.30. The van der Waals surface area contributed by atoms with Gasteiger partial charge in [0.15, 0.2) is 0 Å². The molecule has 3 rings (SSSR count). The Morgan fingerprint density at radius 1 is 1.27 bits per heavy atom. The molecule has 0 unspecified atom stereocenters. The van der Waals surface area contributed by atoms with Crippen molar-refractivity contribution in [3.8, 4) is 0 Å². The summed E-state index contributed by atoms with van der Waals surface area (Å²) in [4.78, 5) is 16.3. The summed E-state index contributed by atoms with van der Waals surface area (Å²) >= 11 is 0. The number of H-pyrrole nitrogens is 2. The van der Waals surface area contributed by atoms with Gasteiger partial charge in [-0.1, -0.05) is 6.07 Å². The zero-order chi connectivity index (χ0) is 10.5. The molecule has 1 aromatic carbocycles. The molecule has 1 aromatic heterocycles. The van der Waals surface area contributed by atoms with Gasteiger partial charge in [-0.05, 0) is 17.7 Å². The van der Waals surface area contributed by atoms with E-state index >= 15 is 0 Å². The smallest absolute Gasteiger partial charge is 0.323 e. The van der Waals surface area contributed by atoms with Crippen molar-refractivity contribution < 1.29 is 9.84 Å². The van der Waals surface area contributed by atoms with Crippen LogP contribution < -0.4 is 5.69 Å². The molecule has 0 aliphatic carbocycles. The van der Waals surface area contributed by atoms with Crippen LogP contribution in [0.2, 0.25) is 0 Å². The quantitative estimate of drug-likeness (QED) is 0.618. The fourth-order valence-corrected chi connectivity index (χ4v) is 1.78. The maximum atomic E-state index is 11.0. The second-order valence-corrected chi connectivity index (χ2v) is 3.86. The fraction of sp³-hybridized carbons (Fsp3) is 0.300. The monoisotopic (exact) mass is 206 g/mol. The molecule has 1 aliphatic heterocycles. The van der Waals surface area contributed by atoms with Crippen LogP contribution in [-0.4, -0.2) is 28.3 Å². The van der Waals surface area contributed by atoms with Crippen LogP contribution in [0.4, 0.5) is 0 Å². The standard InChI is InChI=1S/C10H10N2O3/c13-9-11-7-2-1-6(3-8(7)12-9)10(14)4-15-5-10/h1-3,14H,4-5H2,(H2,11,12,13). The third-order valence-electron chi connectivity index (χ3n) is 2.74. The van der Waals surface area contributed by atoms with Crippen molar-refractivity contribution in [1.82, 2.24) is 9.97 Å². The lowest BCUT2D eigenvalue weighted by atomic mass is 9.92. The van der Waals surface area contributed by atoms with E-state index in [0.717, 1.165) is 11.1 Å². The fourth-order valence-electron chi connectivity index (χ4n) is 1.78. The number of nitrogens with one attached hydrogen (secondary N) is 2. The molecule has 0 radical (unpaired) electrons. The lowest BCUT2D eigenvalue weighted by Gasteiger charge is -2.36. The van der Waals surface area contributed by atoms with Crippen molar-refractivity contribution in [2.45, 2.75) is 5.60 Å². The predicted molar refractivity (Wildman–Crippen MR) is 53.6 cm³/mol. The molecule has 3 N–H and O–H groups in total. The minimum atomic E-state index is -0.887. The molecule has 1 saturated heterocycles. The van der Waals surface area contributed by atoms with E-state index in [0.29, 0.717) is 18.7 Å². The van der Waals surface area contributed by atoms with Crippen molar-refractivity contribution in [1.29, 1.82) is 0 Å². The minimum absolute atomic E-state index is 0.237. The second kappa shape index (κ2) is 2.71. The number of hydrogen-bond acceptors (Lipinski definition) is 3. The van der Waals surface area contributed by atoms with Crippen molar-refractivity contribution in [3.63, 3.8) is 0 Å². The highest BCUT2D eigenvalue weighted by Gasteiger charge is 2.38. The summed E-state index contributed by atoms with van der Waals surface area (Å²) < 4.78 is 4.98. The van der Waals surface area contributed by atoms with E-state index in [1.165, 1.54) is 0 Å². The average molecular weight is 206 g/mol. The van der Waals surface area contributed by atoms with Crippen molar-refractivity contribution in [2.24, 2.45) is 0 Å². The average Bonchev–Trinajstić information content (AvgIpc) is 2.53. The Bertz CT molecular complexity index is 565. The first-order valence-electron chi connectivity index (χ1n) is 4.70. The Morgan fingerprint density at radius 2 is 2.00 bits per heavy atom. The molecular formula is C10H10N2O3. The van der Waals surface area contributed by atoms with Gasteiger partial charge in [-0.3, -0.25) is 0 Å². The van der Waals surface area contributed by atoms with E-state index < -0.39 is 5.60 Å². The van der Waals surface area contributed by atoms with E-state index in [1.807, 2.05) is 0 Å². The number of ether oxygens (including phenoxy) is 1. The molecule has 5 nitrogen and oxygen atoms in total. The largest absolute Gasteiger partial charge is 0.380 e. The maximum Gasteiger partial charge on any atom is 0.323 e. The zero-order valence-electron chi connectivity index (χ0n) is 7.91. The summed E-state index contributed by atoms with van der Waals surface area (Å²) in [6.45, 7) is 0.625. The SMILES string of the molecule is O=c1[nH]c2ccc(C3(O)COC3)cc2[nH]1. The Morgan fingerprint density at radius 3 is 2.67 bits per heavy atom. The summed E-state index contributed by atoms with van der Waals surface area (Å²) in [5, 5.41) is 10.0. The van der Waals surface area contributed by atoms with E-state index in [9.17, 15) is 9.90 Å². The van der Waals surface area contributed by atoms with Gasteiger partial charge in [0.05, 0.1) is 24.2 Å². The molecule has 0 saturated carbocycles. The summed E-state index contributed by atoms with van der Waals surface area (Å²) in [5.41, 5.74) is 1.10. The van der Waals surface area contributed by atoms with Gasteiger partial charge in [-0.25, -0.2) is 4.79 Å². The third kappa shape index (κ3) is 1.20. The third-order valence-corrected chi connectivity index (χ3v) is 2.74. The van der Waals surface area contributed by atoms with Crippen LogP contribution in [0.5, 0.6) is 0 Å². The maximum absolute atomic E-state index is 11.0. The first-order chi connectivity index (χ1) is 7.17. The van der Waals surface area contributed by atoms with Gasteiger partial charge in [-0.15, -0.1) is 0 Å². The number of hydrogen-bond donors (Lipinski definition) is 3. The molecule has 1 aliphatic rings. The lowest BCUT2D eigenvalue weighted by Crippen LogP contribution is -2.46. The topological polar surface area (TPSA) is 78.1 Å². The van der Waals surface area contributed by atoms with Gasteiger partial charge in [0.25, 0.3) is 0 Å². The van der Waals surface area contributed by atoms with E-state index in [2.05, 4.69) is 9.97 Å². The van der Waals surface area contributed by atoms with Crippen LogP contribution in [0.1, 0.15) is 5.56 Å². The Balaban J connectivity index is 2.17. The first kappa shape index (κ1) is 8.70. The molecule has 15 heavy (non-hydrogen) atoms. The van der Waals surface area contributed by atoms with Gasteiger partial charge < -0.3 is 19.8 Å². The Hall–Kier alpha value is -1.59. The molecule has 2 aromatic rings. The van der Waals surface area contributed by atoms with Gasteiger partial charge in [0.1, 0.15) is 5.60 Å². The number of fused-ring (bicyclic) bond motifs is 1. The van der Waals surface area contributed by atoms with Crippen LogP contribution in [0.15, 0.2) is 23.0 Å². The van der Waals surface area contributed by atoms with Gasteiger partial charge in [0, 0.05) is 0 Å². The highest BCUT2D eigenvalue weighted by molar-refractivity contribution is 5.75. The van der Waals surface area contributed by atoms with Crippen molar-refractivity contribution in [3.05, 3.63) is 34.2 Å². The number of imidazole rings is 1. The number of aliphatic hydroxyl groups is 1. The van der Waals surface area contributed by atoms with Crippen LogP contribution in [0, 0.1) is 0 Å². The van der Waals surface area contributed by atoms with Crippen molar-refractivity contribution >= 4 is 11.0 Å². The van der Waals surface area contributed by atoms with Crippen LogP contribution in [0.3, 0.4) is 0 Å². The molecule has 5 heteroatoms. The molecule has 0 atom stereocenters.